The molecular formula is C13H18N4. The van der Waals surface area contributed by atoms with Gasteiger partial charge in [0.05, 0.1) is 11.4 Å². The molecule has 0 amide bonds. The number of aromatic nitrogens is 3. The highest BCUT2D eigenvalue weighted by Gasteiger charge is 2.13. The first-order chi connectivity index (χ1) is 8.18. The minimum Gasteiger partial charge on any atom is -0.301 e. The molecule has 1 N–H and O–H groups in total. The van der Waals surface area contributed by atoms with E-state index in [1.54, 1.807) is 0 Å². The third-order valence-corrected chi connectivity index (χ3v) is 2.93. The Hall–Kier alpha value is -1.68. The maximum Gasteiger partial charge on any atom is 0.0570 e. The van der Waals surface area contributed by atoms with Crippen molar-refractivity contribution in [3.8, 4) is 0 Å². The fourth-order valence-corrected chi connectivity index (χ4v) is 1.99. The van der Waals surface area contributed by atoms with Gasteiger partial charge in [-0.2, -0.15) is 5.10 Å². The summed E-state index contributed by atoms with van der Waals surface area (Å²) in [5, 5.41) is 7.69. The zero-order valence-electron chi connectivity index (χ0n) is 10.5. The van der Waals surface area contributed by atoms with Crippen molar-refractivity contribution in [3.05, 3.63) is 48.0 Å². The van der Waals surface area contributed by atoms with Gasteiger partial charge in [0, 0.05) is 31.5 Å². The second-order valence-electron chi connectivity index (χ2n) is 4.24. The van der Waals surface area contributed by atoms with Crippen LogP contribution < -0.4 is 5.32 Å². The molecule has 2 aromatic rings. The van der Waals surface area contributed by atoms with Gasteiger partial charge >= 0.3 is 0 Å². The smallest absolute Gasteiger partial charge is 0.0570 e. The quantitative estimate of drug-likeness (QED) is 0.875. The second kappa shape index (κ2) is 5.10. The van der Waals surface area contributed by atoms with Crippen molar-refractivity contribution in [2.24, 2.45) is 7.05 Å². The molecule has 2 atom stereocenters. The van der Waals surface area contributed by atoms with E-state index < -0.39 is 0 Å². The number of hydrogen-bond acceptors (Lipinski definition) is 3. The molecule has 4 heteroatoms. The summed E-state index contributed by atoms with van der Waals surface area (Å²) in [4.78, 5) is 4.35. The maximum absolute atomic E-state index is 4.35. The minimum atomic E-state index is 0.223. The predicted molar refractivity (Wildman–Crippen MR) is 67.4 cm³/mol. The fraction of sp³-hybridized carbons (Fsp3) is 0.385. The van der Waals surface area contributed by atoms with Crippen molar-refractivity contribution >= 4 is 0 Å². The van der Waals surface area contributed by atoms with E-state index in [9.17, 15) is 0 Å². The third-order valence-electron chi connectivity index (χ3n) is 2.93. The van der Waals surface area contributed by atoms with Gasteiger partial charge in [-0.05, 0) is 32.0 Å². The Bertz CT molecular complexity index is 463. The van der Waals surface area contributed by atoms with Crippen LogP contribution in [0.4, 0.5) is 0 Å². The molecule has 0 aliphatic heterocycles. The molecule has 0 bridgehead atoms. The summed E-state index contributed by atoms with van der Waals surface area (Å²) in [6.45, 7) is 4.26. The molecule has 0 aliphatic carbocycles. The molecule has 0 radical (unpaired) electrons. The van der Waals surface area contributed by atoms with E-state index in [0.717, 1.165) is 5.69 Å². The predicted octanol–water partition coefficient (Wildman–Crippen LogP) is 2.23. The van der Waals surface area contributed by atoms with Crippen LogP contribution in [-0.2, 0) is 7.05 Å². The Kier molecular flexibility index (Phi) is 3.54. The van der Waals surface area contributed by atoms with Gasteiger partial charge in [-0.15, -0.1) is 0 Å². The van der Waals surface area contributed by atoms with E-state index >= 15 is 0 Å². The third kappa shape index (κ3) is 2.71. The van der Waals surface area contributed by atoms with Crippen LogP contribution in [0.3, 0.4) is 0 Å². The Morgan fingerprint density at radius 1 is 1.12 bits per heavy atom. The van der Waals surface area contributed by atoms with E-state index in [-0.39, 0.29) is 12.1 Å². The molecule has 4 nitrogen and oxygen atoms in total. The van der Waals surface area contributed by atoms with Crippen molar-refractivity contribution in [1.82, 2.24) is 20.1 Å². The van der Waals surface area contributed by atoms with Crippen LogP contribution in [0.15, 0.2) is 36.7 Å². The highest BCUT2D eigenvalue weighted by atomic mass is 15.3. The van der Waals surface area contributed by atoms with Crippen molar-refractivity contribution in [3.63, 3.8) is 0 Å². The molecule has 17 heavy (non-hydrogen) atoms. The zero-order chi connectivity index (χ0) is 12.3. The van der Waals surface area contributed by atoms with Crippen LogP contribution in [0.25, 0.3) is 0 Å². The average Bonchev–Trinajstić information content (AvgIpc) is 2.76. The normalized spacial score (nSPS) is 14.5. The molecule has 2 heterocycles. The van der Waals surface area contributed by atoms with Crippen molar-refractivity contribution < 1.29 is 0 Å². The standard InChI is InChI=1S/C13H18N4/c1-10(12-6-4-5-8-14-12)16-11(2)13-7-9-15-17(13)3/h4-11,16H,1-3H3/t10-,11?/m1/s1. The highest BCUT2D eigenvalue weighted by Crippen LogP contribution is 2.16. The molecule has 0 spiro atoms. The summed E-state index contributed by atoms with van der Waals surface area (Å²) in [6, 6.07) is 8.48. The Morgan fingerprint density at radius 3 is 2.53 bits per heavy atom. The van der Waals surface area contributed by atoms with Crippen molar-refractivity contribution in [1.29, 1.82) is 0 Å². The lowest BCUT2D eigenvalue weighted by Crippen LogP contribution is -2.24. The number of rotatable bonds is 4. The number of nitrogens with one attached hydrogen (secondary N) is 1. The molecule has 0 saturated carbocycles. The largest absolute Gasteiger partial charge is 0.301 e. The summed E-state index contributed by atoms with van der Waals surface area (Å²) < 4.78 is 1.89. The number of hydrogen-bond donors (Lipinski definition) is 1. The topological polar surface area (TPSA) is 42.7 Å². The summed E-state index contributed by atoms with van der Waals surface area (Å²) in [5.41, 5.74) is 2.23. The highest BCUT2D eigenvalue weighted by molar-refractivity contribution is 5.10. The zero-order valence-corrected chi connectivity index (χ0v) is 10.5. The first-order valence-corrected chi connectivity index (χ1v) is 5.83. The molecule has 0 aliphatic rings. The summed E-state index contributed by atoms with van der Waals surface area (Å²) in [6.07, 6.45) is 3.64. The molecule has 1 unspecified atom stereocenters. The van der Waals surface area contributed by atoms with Crippen LogP contribution in [0.2, 0.25) is 0 Å². The SMILES string of the molecule is CC(N[C@H](C)c1ccccn1)c1ccnn1C. The lowest BCUT2D eigenvalue weighted by Gasteiger charge is -2.19. The monoisotopic (exact) mass is 230 g/mol. The molecule has 90 valence electrons. The van der Waals surface area contributed by atoms with E-state index in [2.05, 4.69) is 29.2 Å². The Balaban J connectivity index is 2.05. The van der Waals surface area contributed by atoms with Gasteiger partial charge in [0.2, 0.25) is 0 Å². The molecule has 2 aromatic heterocycles. The van der Waals surface area contributed by atoms with Crippen LogP contribution in [-0.4, -0.2) is 14.8 Å². The van der Waals surface area contributed by atoms with Crippen LogP contribution in [0.5, 0.6) is 0 Å². The van der Waals surface area contributed by atoms with Gasteiger partial charge in [-0.25, -0.2) is 0 Å². The van der Waals surface area contributed by atoms with Crippen LogP contribution >= 0.6 is 0 Å². The molecular weight excluding hydrogens is 212 g/mol. The van der Waals surface area contributed by atoms with Gasteiger partial charge in [0.15, 0.2) is 0 Å². The van der Waals surface area contributed by atoms with E-state index in [1.807, 2.05) is 48.4 Å². The van der Waals surface area contributed by atoms with E-state index in [1.165, 1.54) is 5.69 Å². The molecule has 2 rings (SSSR count). The molecule has 0 aromatic carbocycles. The second-order valence-corrected chi connectivity index (χ2v) is 4.24. The van der Waals surface area contributed by atoms with Crippen molar-refractivity contribution in [2.75, 3.05) is 0 Å². The molecule has 0 saturated heterocycles. The van der Waals surface area contributed by atoms with Gasteiger partial charge in [-0.1, -0.05) is 6.07 Å². The summed E-state index contributed by atoms with van der Waals surface area (Å²) in [7, 11) is 1.96. The van der Waals surface area contributed by atoms with Gasteiger partial charge in [0.25, 0.3) is 0 Å². The number of pyridine rings is 1. The first-order valence-electron chi connectivity index (χ1n) is 5.83. The lowest BCUT2D eigenvalue weighted by molar-refractivity contribution is 0.463. The Morgan fingerprint density at radius 2 is 1.94 bits per heavy atom. The van der Waals surface area contributed by atoms with Crippen molar-refractivity contribution in [2.45, 2.75) is 25.9 Å². The summed E-state index contributed by atoms with van der Waals surface area (Å²) in [5.74, 6) is 0. The van der Waals surface area contributed by atoms with Gasteiger partial charge < -0.3 is 5.32 Å². The van der Waals surface area contributed by atoms with Crippen LogP contribution in [0.1, 0.15) is 37.3 Å². The maximum atomic E-state index is 4.35. The first kappa shape index (κ1) is 11.8. The van der Waals surface area contributed by atoms with Gasteiger partial charge in [-0.3, -0.25) is 9.67 Å². The van der Waals surface area contributed by atoms with Crippen LogP contribution in [0, 0.1) is 0 Å². The number of aryl methyl sites for hydroxylation is 1. The summed E-state index contributed by atoms with van der Waals surface area (Å²) >= 11 is 0. The van der Waals surface area contributed by atoms with E-state index in [0.29, 0.717) is 0 Å². The fourth-order valence-electron chi connectivity index (χ4n) is 1.99. The number of nitrogens with zero attached hydrogens (tertiary/aromatic N) is 3. The molecule has 0 fully saturated rings. The van der Waals surface area contributed by atoms with E-state index in [4.69, 9.17) is 0 Å². The Labute approximate surface area is 102 Å². The minimum absolute atomic E-state index is 0.223. The van der Waals surface area contributed by atoms with Gasteiger partial charge in [0.1, 0.15) is 0 Å². The average molecular weight is 230 g/mol. The lowest BCUT2D eigenvalue weighted by atomic mass is 10.1.